The van der Waals surface area contributed by atoms with Crippen LogP contribution in [0.25, 0.3) is 0 Å². The van der Waals surface area contributed by atoms with Crippen LogP contribution in [0, 0.1) is 17.5 Å². The SMILES string of the molecule is O=C(O)c1c(F)c(F)c(SSc2c(C(F)(F)F)c(C(=O)O)c(C(=O)O)c(C(F)(F)F)c2C(F)(F)F)c(F)c1C(=O)O. The lowest BCUT2D eigenvalue weighted by molar-refractivity contribution is -0.166. The molecular formula is C19H4F12O8S2. The lowest BCUT2D eigenvalue weighted by Crippen LogP contribution is -2.29. The molecule has 4 N–H and O–H groups in total. The molecule has 224 valence electrons. The van der Waals surface area contributed by atoms with Crippen LogP contribution in [-0.2, 0) is 18.5 Å². The normalized spacial score (nSPS) is 12.4. The van der Waals surface area contributed by atoms with E-state index in [9.17, 15) is 71.9 Å². The first kappa shape index (κ1) is 33.4. The van der Waals surface area contributed by atoms with Gasteiger partial charge in [-0.25, -0.2) is 32.3 Å². The van der Waals surface area contributed by atoms with E-state index in [4.69, 9.17) is 20.4 Å². The molecule has 0 aliphatic carbocycles. The Hall–Kier alpha value is -3.82. The van der Waals surface area contributed by atoms with Crippen LogP contribution in [0.5, 0.6) is 0 Å². The van der Waals surface area contributed by atoms with Crippen molar-refractivity contribution in [3.05, 3.63) is 56.4 Å². The average Bonchev–Trinajstić information content (AvgIpc) is 2.76. The Bertz CT molecular complexity index is 1500. The molecule has 0 aliphatic heterocycles. The number of alkyl halides is 9. The van der Waals surface area contributed by atoms with Gasteiger partial charge in [-0.3, -0.25) is 0 Å². The van der Waals surface area contributed by atoms with Crippen molar-refractivity contribution in [2.24, 2.45) is 0 Å². The van der Waals surface area contributed by atoms with E-state index in [2.05, 4.69) is 0 Å². The number of aromatic carboxylic acids is 4. The largest absolute Gasteiger partial charge is 0.478 e. The summed E-state index contributed by atoms with van der Waals surface area (Å²) >= 11 is 0. The third kappa shape index (κ3) is 6.11. The van der Waals surface area contributed by atoms with Crippen LogP contribution in [0.2, 0.25) is 0 Å². The summed E-state index contributed by atoms with van der Waals surface area (Å²) in [4.78, 5) is 40.2. The Labute approximate surface area is 222 Å². The highest BCUT2D eigenvalue weighted by Crippen LogP contribution is 2.56. The van der Waals surface area contributed by atoms with E-state index < -0.39 is 130 Å². The average molecular weight is 652 g/mol. The minimum atomic E-state index is -6.59. The van der Waals surface area contributed by atoms with Crippen molar-refractivity contribution in [1.29, 1.82) is 0 Å². The van der Waals surface area contributed by atoms with Crippen LogP contribution < -0.4 is 0 Å². The zero-order valence-corrected chi connectivity index (χ0v) is 19.9. The first-order valence-electron chi connectivity index (χ1n) is 9.30. The Kier molecular flexibility index (Phi) is 8.85. The van der Waals surface area contributed by atoms with Crippen molar-refractivity contribution >= 4 is 45.5 Å². The standard InChI is InChI=1S/C19H4F12O8S2/c20-8-3(15(36)37)4(16(38)39)9(21)12(10(8)22)41-40-11-6(18(26,27)28)2(14(34)35)1(13(32)33)5(17(23,24)25)7(11)19(29,30)31/h(H,32,33)(H,34,35)(H,36,37)(H,38,39). The number of carboxylic acids is 4. The summed E-state index contributed by atoms with van der Waals surface area (Å²) in [5.41, 5.74) is -20.4. The molecule has 0 aromatic heterocycles. The second kappa shape index (κ2) is 10.9. The molecule has 2 aromatic rings. The first-order chi connectivity index (χ1) is 18.4. The zero-order chi connectivity index (χ0) is 32.2. The van der Waals surface area contributed by atoms with E-state index in [0.717, 1.165) is 0 Å². The van der Waals surface area contributed by atoms with Gasteiger partial charge in [0.25, 0.3) is 0 Å². The molecule has 0 amide bonds. The van der Waals surface area contributed by atoms with Crippen molar-refractivity contribution < 1.29 is 92.3 Å². The van der Waals surface area contributed by atoms with Crippen LogP contribution in [0.4, 0.5) is 52.7 Å². The second-order valence-corrected chi connectivity index (χ2v) is 9.26. The summed E-state index contributed by atoms with van der Waals surface area (Å²) in [5, 5.41) is 36.0. The second-order valence-electron chi connectivity index (χ2n) is 7.11. The predicted molar refractivity (Wildman–Crippen MR) is 107 cm³/mol. The molecule has 2 aromatic carbocycles. The number of halogens is 12. The molecule has 0 fully saturated rings. The molecule has 0 aliphatic rings. The van der Waals surface area contributed by atoms with E-state index in [1.54, 1.807) is 0 Å². The third-order valence-corrected chi connectivity index (χ3v) is 7.08. The highest BCUT2D eigenvalue weighted by molar-refractivity contribution is 8.76. The van der Waals surface area contributed by atoms with E-state index in [1.807, 2.05) is 0 Å². The maximum atomic E-state index is 14.7. The van der Waals surface area contributed by atoms with Gasteiger partial charge in [-0.2, -0.15) is 39.5 Å². The molecule has 8 nitrogen and oxygen atoms in total. The van der Waals surface area contributed by atoms with Crippen LogP contribution in [0.15, 0.2) is 9.79 Å². The quantitative estimate of drug-likeness (QED) is 0.144. The summed E-state index contributed by atoms with van der Waals surface area (Å²) in [6.07, 6.45) is -19.5. The molecule has 0 atom stereocenters. The van der Waals surface area contributed by atoms with E-state index in [-0.39, 0.29) is 0 Å². The number of hydrogen-bond acceptors (Lipinski definition) is 6. The van der Waals surface area contributed by atoms with Crippen molar-refractivity contribution in [3.63, 3.8) is 0 Å². The highest BCUT2D eigenvalue weighted by Gasteiger charge is 2.54. The van der Waals surface area contributed by atoms with Gasteiger partial charge >= 0.3 is 42.4 Å². The van der Waals surface area contributed by atoms with Gasteiger partial charge in [0.1, 0.15) is 11.1 Å². The van der Waals surface area contributed by atoms with E-state index in [0.29, 0.717) is 0 Å². The van der Waals surface area contributed by atoms with Gasteiger partial charge in [0.2, 0.25) is 0 Å². The Morgan fingerprint density at radius 2 is 0.756 bits per heavy atom. The van der Waals surface area contributed by atoms with Gasteiger partial charge in [0.15, 0.2) is 17.5 Å². The fraction of sp³-hybridized carbons (Fsp3) is 0.158. The van der Waals surface area contributed by atoms with Gasteiger partial charge in [-0.15, -0.1) is 0 Å². The molecule has 22 heteroatoms. The van der Waals surface area contributed by atoms with Crippen molar-refractivity contribution in [3.8, 4) is 0 Å². The molecule has 0 saturated carbocycles. The lowest BCUT2D eigenvalue weighted by atomic mass is 9.89. The molecule has 0 bridgehead atoms. The predicted octanol–water partition coefficient (Wildman–Crippen LogP) is 6.75. The maximum Gasteiger partial charge on any atom is 0.418 e. The summed E-state index contributed by atoms with van der Waals surface area (Å²) in [7, 11) is -2.46. The number of carbonyl (C=O) groups is 4. The number of rotatable bonds is 7. The number of benzene rings is 2. The Morgan fingerprint density at radius 3 is 1.10 bits per heavy atom. The number of hydrogen-bond donors (Lipinski definition) is 4. The van der Waals surface area contributed by atoms with Gasteiger partial charge in [-0.1, -0.05) is 10.8 Å². The summed E-state index contributed by atoms with van der Waals surface area (Å²) in [6.45, 7) is 0. The first-order valence-corrected chi connectivity index (χ1v) is 11.5. The molecule has 2 rings (SSSR count). The Balaban J connectivity index is 3.19. The summed E-state index contributed by atoms with van der Waals surface area (Å²) in [5.74, 6) is -19.6. The van der Waals surface area contributed by atoms with Crippen LogP contribution in [-0.4, -0.2) is 44.3 Å². The maximum absolute atomic E-state index is 14.7. The minimum absolute atomic E-state index is 1.13. The van der Waals surface area contributed by atoms with Gasteiger partial charge in [0, 0.05) is 4.90 Å². The third-order valence-electron chi connectivity index (χ3n) is 4.65. The lowest BCUT2D eigenvalue weighted by Gasteiger charge is -2.26. The Morgan fingerprint density at radius 1 is 0.439 bits per heavy atom. The summed E-state index contributed by atoms with van der Waals surface area (Å²) < 4.78 is 168. The van der Waals surface area contributed by atoms with Crippen LogP contribution >= 0.6 is 21.6 Å². The zero-order valence-electron chi connectivity index (χ0n) is 18.3. The van der Waals surface area contributed by atoms with Crippen LogP contribution in [0.1, 0.15) is 58.1 Å². The fourth-order valence-electron chi connectivity index (χ4n) is 3.26. The molecule has 0 spiro atoms. The van der Waals surface area contributed by atoms with Crippen LogP contribution in [0.3, 0.4) is 0 Å². The molecule has 0 radical (unpaired) electrons. The smallest absolute Gasteiger partial charge is 0.418 e. The van der Waals surface area contributed by atoms with E-state index in [1.165, 1.54) is 0 Å². The van der Waals surface area contributed by atoms with Gasteiger partial charge in [-0.05, 0) is 10.8 Å². The molecule has 0 saturated heterocycles. The van der Waals surface area contributed by atoms with Crippen molar-refractivity contribution in [1.82, 2.24) is 0 Å². The molecule has 0 heterocycles. The van der Waals surface area contributed by atoms with Gasteiger partial charge < -0.3 is 20.4 Å². The summed E-state index contributed by atoms with van der Waals surface area (Å²) in [6, 6.07) is 0. The highest BCUT2D eigenvalue weighted by atomic mass is 33.1. The number of carboxylic acid groups (broad SMARTS) is 4. The minimum Gasteiger partial charge on any atom is -0.478 e. The molecule has 41 heavy (non-hydrogen) atoms. The molecule has 0 unspecified atom stereocenters. The van der Waals surface area contributed by atoms with Crippen molar-refractivity contribution in [2.75, 3.05) is 0 Å². The van der Waals surface area contributed by atoms with Gasteiger partial charge in [0.05, 0.1) is 32.7 Å². The van der Waals surface area contributed by atoms with E-state index >= 15 is 0 Å². The topological polar surface area (TPSA) is 149 Å². The fourth-order valence-corrected chi connectivity index (χ4v) is 5.81. The molecular weight excluding hydrogens is 648 g/mol. The monoisotopic (exact) mass is 652 g/mol. The van der Waals surface area contributed by atoms with Crippen molar-refractivity contribution in [2.45, 2.75) is 28.3 Å².